The number of rotatable bonds is 14. The Morgan fingerprint density at radius 3 is 2.17 bits per heavy atom. The zero-order valence-corrected chi connectivity index (χ0v) is 18.4. The average Bonchev–Trinajstić information content (AvgIpc) is 2.70. The molecule has 0 unspecified atom stereocenters. The topological polar surface area (TPSA) is 125 Å². The summed E-state index contributed by atoms with van der Waals surface area (Å²) in [6.45, 7) is 3.81. The number of carboxylic acid groups (broad SMARTS) is 1. The predicted octanol–water partition coefficient (Wildman–Crippen LogP) is 1.20. The summed E-state index contributed by atoms with van der Waals surface area (Å²) >= 11 is 1.54. The van der Waals surface area contributed by atoms with Crippen LogP contribution in [-0.4, -0.2) is 59.4 Å². The second-order valence-corrected chi connectivity index (χ2v) is 8.38. The highest BCUT2D eigenvalue weighted by molar-refractivity contribution is 7.98. The number of hydrogen-bond acceptors (Lipinski definition) is 5. The van der Waals surface area contributed by atoms with Crippen molar-refractivity contribution in [2.24, 2.45) is 5.92 Å². The Morgan fingerprint density at radius 2 is 1.63 bits per heavy atom. The molecule has 0 saturated heterocycles. The molecule has 30 heavy (non-hydrogen) atoms. The fourth-order valence-corrected chi connectivity index (χ4v) is 3.38. The number of hydrogen-bond donors (Lipinski definition) is 4. The van der Waals surface area contributed by atoms with E-state index in [0.717, 1.165) is 5.56 Å². The summed E-state index contributed by atoms with van der Waals surface area (Å²) in [5, 5.41) is 17.2. The van der Waals surface area contributed by atoms with Gasteiger partial charge < -0.3 is 21.1 Å². The first-order chi connectivity index (χ1) is 14.3. The summed E-state index contributed by atoms with van der Waals surface area (Å²) in [5.74, 6) is -1.43. The monoisotopic (exact) mass is 460 g/mol. The first-order valence-corrected chi connectivity index (χ1v) is 11.2. The van der Waals surface area contributed by atoms with Gasteiger partial charge in [0, 0.05) is 6.42 Å². The van der Waals surface area contributed by atoms with E-state index in [2.05, 4.69) is 16.0 Å². The van der Waals surface area contributed by atoms with E-state index in [1.807, 2.05) is 26.2 Å². The molecule has 4 N–H and O–H groups in total. The van der Waals surface area contributed by atoms with Crippen molar-refractivity contribution in [2.75, 3.05) is 12.0 Å². The molecule has 3 amide bonds. The zero-order valence-electron chi connectivity index (χ0n) is 17.6. The van der Waals surface area contributed by atoms with Crippen molar-refractivity contribution in [3.05, 3.63) is 35.9 Å². The van der Waals surface area contributed by atoms with Crippen LogP contribution in [0.3, 0.4) is 0 Å². The molecule has 0 heterocycles. The zero-order chi connectivity index (χ0) is 22.5. The molecule has 1 rings (SSSR count). The van der Waals surface area contributed by atoms with Gasteiger partial charge in [-0.1, -0.05) is 44.2 Å². The van der Waals surface area contributed by atoms with Gasteiger partial charge in [0.05, 0.1) is 0 Å². The summed E-state index contributed by atoms with van der Waals surface area (Å²) in [4.78, 5) is 47.9. The van der Waals surface area contributed by atoms with Crippen molar-refractivity contribution in [2.45, 2.75) is 51.2 Å². The molecule has 3 atom stereocenters. The minimum Gasteiger partial charge on any atom is -0.480 e. The lowest BCUT2D eigenvalue weighted by Crippen LogP contribution is -2.55. The van der Waals surface area contributed by atoms with E-state index < -0.39 is 35.9 Å². The van der Waals surface area contributed by atoms with Crippen LogP contribution in [0.2, 0.25) is 0 Å². The van der Waals surface area contributed by atoms with Gasteiger partial charge in [-0.25, -0.2) is 4.79 Å². The molecule has 1 aromatic rings. The number of thioether (sulfide) groups is 1. The lowest BCUT2D eigenvalue weighted by molar-refractivity contribution is -0.142. The molecule has 0 radical (unpaired) electrons. The number of carboxylic acids is 1. The summed E-state index contributed by atoms with van der Waals surface area (Å²) < 4.78 is 0. The fourth-order valence-electron chi connectivity index (χ4n) is 2.91. The number of benzene rings is 1. The molecule has 9 heteroatoms. The van der Waals surface area contributed by atoms with Gasteiger partial charge in [0.25, 0.3) is 0 Å². The molecule has 0 aliphatic heterocycles. The van der Waals surface area contributed by atoms with Gasteiger partial charge in [0.15, 0.2) is 0 Å². The minimum absolute atomic E-state index is 0.0853. The van der Waals surface area contributed by atoms with E-state index in [1.165, 1.54) is 0 Å². The van der Waals surface area contributed by atoms with Crippen LogP contribution in [-0.2, 0) is 25.6 Å². The second-order valence-electron chi connectivity index (χ2n) is 7.40. The fraction of sp³-hybridized carbons (Fsp3) is 0.524. The van der Waals surface area contributed by atoms with Crippen molar-refractivity contribution in [3.63, 3.8) is 0 Å². The number of aliphatic carboxylic acids is 1. The maximum absolute atomic E-state index is 12.8. The smallest absolute Gasteiger partial charge is 0.326 e. The first kappa shape index (κ1) is 25.5. The summed E-state index contributed by atoms with van der Waals surface area (Å²) in [6, 6.07) is 6.23. The molecule has 1 aromatic carbocycles. The van der Waals surface area contributed by atoms with Crippen LogP contribution in [0.15, 0.2) is 30.3 Å². The van der Waals surface area contributed by atoms with E-state index in [-0.39, 0.29) is 12.3 Å². The molecule has 0 aliphatic rings. The third-order valence-corrected chi connectivity index (χ3v) is 5.08. The Morgan fingerprint density at radius 1 is 1.03 bits per heavy atom. The molecule has 0 bridgehead atoms. The predicted molar refractivity (Wildman–Crippen MR) is 117 cm³/mol. The van der Waals surface area contributed by atoms with Crippen molar-refractivity contribution < 1.29 is 24.3 Å². The molecular weight excluding hydrogens is 429 g/mol. The van der Waals surface area contributed by atoms with Crippen LogP contribution >= 0.6 is 11.8 Å². The van der Waals surface area contributed by atoms with E-state index in [0.29, 0.717) is 25.0 Å². The van der Waals surface area contributed by atoms with Crippen molar-refractivity contribution in [1.29, 1.82) is 0 Å². The Hall–Kier alpha value is -2.55. The molecule has 0 fully saturated rings. The Kier molecular flexibility index (Phi) is 11.6. The van der Waals surface area contributed by atoms with Crippen LogP contribution in [0, 0.1) is 5.92 Å². The number of nitrogens with one attached hydrogen (secondary N) is 3. The van der Waals surface area contributed by atoms with Gasteiger partial charge in [-0.3, -0.25) is 14.4 Å². The number of amides is 3. The quantitative estimate of drug-likeness (QED) is 0.188. The minimum atomic E-state index is -1.15. The van der Waals surface area contributed by atoms with Gasteiger partial charge in [0.1, 0.15) is 18.1 Å². The molecule has 166 valence electrons. The SMILES string of the molecule is [13CH3]S[13CH2][13CH2][13C@H]([15NH]C=O)[13C](=O)[15NH][13C@@H]([13CH2][13CH]([13CH3])[13CH3])[13C](=O)[15NH][13C@@H]([13CH2][13c]1[13cH][13cH][13cH][13cH][13cH]1)[13C](=O)O. The molecule has 0 spiro atoms. The van der Waals surface area contributed by atoms with Gasteiger partial charge in [-0.2, -0.15) is 11.8 Å². The van der Waals surface area contributed by atoms with Crippen molar-refractivity contribution in [1.82, 2.24) is 16.0 Å². The maximum Gasteiger partial charge on any atom is 0.326 e. The van der Waals surface area contributed by atoms with Gasteiger partial charge in [-0.05, 0) is 36.3 Å². The van der Waals surface area contributed by atoms with E-state index >= 15 is 0 Å². The maximum atomic E-state index is 12.8. The van der Waals surface area contributed by atoms with E-state index in [1.54, 1.807) is 36.0 Å². The standard InChI is InChI=1S/C21H31N3O5S/c1-14(2)11-17(23-19(26)16(22-13-25)9-10-30-3)20(27)24-18(21(28)29)12-15-7-5-4-6-8-15/h4-8,13-14,16-18H,9-12H2,1-3H3,(H,22,25)(H,23,26)(H,24,27)(H,28,29)/t16-,17-,18-/m0/s1/i1+1,2+1,3+1,4+1,5+1,6+1,7+1,8+1,9+1,10+1,11+1,12+1,14+1,15+1,16+1,17+1,18+1,19+1,20+1,21+1,22+1,23+1,24+1. The van der Waals surface area contributed by atoms with Gasteiger partial charge >= 0.3 is 5.97 Å². The number of carbonyl (C=O) groups is 4. The normalized spacial score (nSPS) is 13.7. The van der Waals surface area contributed by atoms with Crippen LogP contribution in [0.5, 0.6) is 0 Å². The third kappa shape index (κ3) is 9.30. The summed E-state index contributed by atoms with van der Waals surface area (Å²) in [6.07, 6.45) is 3.25. The Labute approximate surface area is 181 Å². The molecule has 0 aromatic heterocycles. The highest BCUT2D eigenvalue weighted by atomic mass is 32.2. The Bertz CT molecular complexity index is 699. The lowest BCUT2D eigenvalue weighted by atomic mass is 11.0. The van der Waals surface area contributed by atoms with Gasteiger partial charge in [-0.15, -0.1) is 0 Å². The van der Waals surface area contributed by atoms with Crippen molar-refractivity contribution >= 4 is 36.0 Å². The van der Waals surface area contributed by atoms with Gasteiger partial charge in [0.2, 0.25) is 18.2 Å². The van der Waals surface area contributed by atoms with Crippen molar-refractivity contribution in [3.8, 4) is 0 Å². The number of carbonyl (C=O) groups excluding carboxylic acids is 3. The third-order valence-electron chi connectivity index (χ3n) is 4.43. The van der Waals surface area contributed by atoms with E-state index in [4.69, 9.17) is 0 Å². The largest absolute Gasteiger partial charge is 0.480 e. The van der Waals surface area contributed by atoms with Crippen LogP contribution in [0.25, 0.3) is 0 Å². The molecule has 0 aliphatic carbocycles. The summed E-state index contributed by atoms with van der Waals surface area (Å²) in [5.41, 5.74) is 0.780. The summed E-state index contributed by atoms with van der Waals surface area (Å²) in [7, 11) is 0. The lowest BCUT2D eigenvalue weighted by Gasteiger charge is -2.25. The van der Waals surface area contributed by atoms with E-state index in [9.17, 15) is 24.3 Å². The first-order valence-electron chi connectivity index (χ1n) is 9.84. The molecule has 8 nitrogen and oxygen atoms in total. The second kappa shape index (κ2) is 13.6. The van der Waals surface area contributed by atoms with Crippen LogP contribution in [0.4, 0.5) is 0 Å². The van der Waals surface area contributed by atoms with Crippen LogP contribution < -0.4 is 16.0 Å². The Balaban J connectivity index is 2.88. The average molecular weight is 460 g/mol. The highest BCUT2D eigenvalue weighted by Gasteiger charge is 2.29. The molecule has 0 saturated carbocycles. The highest BCUT2D eigenvalue weighted by Crippen LogP contribution is 2.09. The van der Waals surface area contributed by atoms with Crippen LogP contribution in [0.1, 0.15) is 32.3 Å². The molecular formula is C21H31N3O5S.